The molecule has 0 aromatic heterocycles. The van der Waals surface area contributed by atoms with Gasteiger partial charge in [-0.2, -0.15) is 0 Å². The van der Waals surface area contributed by atoms with Crippen LogP contribution >= 0.6 is 0 Å². The Hall–Kier alpha value is -1.84. The van der Waals surface area contributed by atoms with Crippen molar-refractivity contribution in [1.82, 2.24) is 5.32 Å². The second kappa shape index (κ2) is 6.07. The molecule has 1 saturated carbocycles. The van der Waals surface area contributed by atoms with Crippen molar-refractivity contribution in [2.45, 2.75) is 45.6 Å². The van der Waals surface area contributed by atoms with Crippen LogP contribution in [0.25, 0.3) is 0 Å². The maximum absolute atomic E-state index is 12.3. The minimum absolute atomic E-state index is 0.0422. The van der Waals surface area contributed by atoms with Crippen LogP contribution in [-0.4, -0.2) is 23.0 Å². The van der Waals surface area contributed by atoms with E-state index >= 15 is 0 Å². The molecule has 108 valence electrons. The lowest BCUT2D eigenvalue weighted by Crippen LogP contribution is -2.39. The second-order valence-electron chi connectivity index (χ2n) is 5.63. The fraction of sp³-hybridized carbons (Fsp3) is 0.500. The van der Waals surface area contributed by atoms with Gasteiger partial charge in [0.25, 0.3) is 5.91 Å². The van der Waals surface area contributed by atoms with Gasteiger partial charge in [-0.3, -0.25) is 9.59 Å². The highest BCUT2D eigenvalue weighted by Crippen LogP contribution is 2.25. The number of rotatable bonds is 3. The van der Waals surface area contributed by atoms with E-state index in [9.17, 15) is 9.59 Å². The summed E-state index contributed by atoms with van der Waals surface area (Å²) in [5.41, 5.74) is 2.69. The second-order valence-corrected chi connectivity index (χ2v) is 5.63. The van der Waals surface area contributed by atoms with E-state index in [-0.39, 0.29) is 17.9 Å². The third-order valence-electron chi connectivity index (χ3n) is 4.12. The number of benzene rings is 1. The molecule has 0 aliphatic heterocycles. The van der Waals surface area contributed by atoms with Gasteiger partial charge in [0.05, 0.1) is 5.92 Å². The molecule has 0 radical (unpaired) electrons. The molecule has 2 rings (SSSR count). The normalized spacial score (nSPS) is 22.3. The van der Waals surface area contributed by atoms with Gasteiger partial charge in [-0.05, 0) is 50.7 Å². The molecule has 0 bridgehead atoms. The molecular formula is C16H21NO3. The van der Waals surface area contributed by atoms with Crippen LogP contribution in [0.4, 0.5) is 0 Å². The first-order chi connectivity index (χ1) is 9.49. The standard InChI is InChI=1S/C16H21NO3/c1-10-4-3-5-11(2)14(10)15(18)17-13-8-6-12(7-9-13)16(19)20/h3-5,12-13H,6-9H2,1-2H3,(H,17,18)(H,19,20). The van der Waals surface area contributed by atoms with Crippen molar-refractivity contribution in [2.75, 3.05) is 0 Å². The summed E-state index contributed by atoms with van der Waals surface area (Å²) in [5.74, 6) is -1.01. The number of carbonyl (C=O) groups is 2. The fourth-order valence-electron chi connectivity index (χ4n) is 2.91. The lowest BCUT2D eigenvalue weighted by molar-refractivity contribution is -0.142. The highest BCUT2D eigenvalue weighted by molar-refractivity contribution is 5.97. The first-order valence-electron chi connectivity index (χ1n) is 7.09. The molecule has 2 N–H and O–H groups in total. The predicted octanol–water partition coefficient (Wildman–Crippen LogP) is 2.68. The lowest BCUT2D eigenvalue weighted by atomic mass is 9.86. The average Bonchev–Trinajstić information content (AvgIpc) is 2.39. The van der Waals surface area contributed by atoms with E-state index < -0.39 is 5.97 Å². The van der Waals surface area contributed by atoms with Crippen molar-refractivity contribution >= 4 is 11.9 Å². The van der Waals surface area contributed by atoms with Crippen LogP contribution in [0, 0.1) is 19.8 Å². The van der Waals surface area contributed by atoms with Crippen LogP contribution in [0.5, 0.6) is 0 Å². The Morgan fingerprint density at radius 3 is 2.15 bits per heavy atom. The topological polar surface area (TPSA) is 66.4 Å². The number of amides is 1. The van der Waals surface area contributed by atoms with Gasteiger partial charge in [0, 0.05) is 11.6 Å². The molecule has 4 nitrogen and oxygen atoms in total. The summed E-state index contributed by atoms with van der Waals surface area (Å²) < 4.78 is 0. The Labute approximate surface area is 119 Å². The van der Waals surface area contributed by atoms with Crippen LogP contribution in [0.1, 0.15) is 47.2 Å². The van der Waals surface area contributed by atoms with E-state index in [1.165, 1.54) is 0 Å². The Balaban J connectivity index is 1.98. The van der Waals surface area contributed by atoms with E-state index in [0.717, 1.165) is 29.5 Å². The average molecular weight is 275 g/mol. The van der Waals surface area contributed by atoms with Crippen LogP contribution in [-0.2, 0) is 4.79 Å². The number of hydrogen-bond donors (Lipinski definition) is 2. The largest absolute Gasteiger partial charge is 0.481 e. The summed E-state index contributed by atoms with van der Waals surface area (Å²) in [7, 11) is 0. The first-order valence-corrected chi connectivity index (χ1v) is 7.09. The number of nitrogens with one attached hydrogen (secondary N) is 1. The third-order valence-corrected chi connectivity index (χ3v) is 4.12. The summed E-state index contributed by atoms with van der Waals surface area (Å²) in [4.78, 5) is 23.2. The maximum Gasteiger partial charge on any atom is 0.306 e. The zero-order chi connectivity index (χ0) is 14.7. The lowest BCUT2D eigenvalue weighted by Gasteiger charge is -2.27. The van der Waals surface area contributed by atoms with Crippen molar-refractivity contribution in [2.24, 2.45) is 5.92 Å². The van der Waals surface area contributed by atoms with E-state index in [2.05, 4.69) is 5.32 Å². The van der Waals surface area contributed by atoms with Gasteiger partial charge in [0.2, 0.25) is 0 Å². The van der Waals surface area contributed by atoms with Crippen molar-refractivity contribution in [1.29, 1.82) is 0 Å². The highest BCUT2D eigenvalue weighted by atomic mass is 16.4. The molecule has 1 aromatic rings. The van der Waals surface area contributed by atoms with Gasteiger partial charge in [-0.15, -0.1) is 0 Å². The molecule has 0 heterocycles. The Morgan fingerprint density at radius 1 is 1.10 bits per heavy atom. The number of aryl methyl sites for hydroxylation is 2. The number of carboxylic acid groups (broad SMARTS) is 1. The van der Waals surface area contributed by atoms with E-state index in [4.69, 9.17) is 5.11 Å². The number of carboxylic acids is 1. The summed E-state index contributed by atoms with van der Waals surface area (Å²) in [6.07, 6.45) is 2.78. The quantitative estimate of drug-likeness (QED) is 0.891. The minimum Gasteiger partial charge on any atom is -0.481 e. The van der Waals surface area contributed by atoms with E-state index in [1.54, 1.807) is 0 Å². The van der Waals surface area contributed by atoms with Gasteiger partial charge < -0.3 is 10.4 Å². The van der Waals surface area contributed by atoms with Gasteiger partial charge in [0.1, 0.15) is 0 Å². The minimum atomic E-state index is -0.718. The van der Waals surface area contributed by atoms with Gasteiger partial charge >= 0.3 is 5.97 Å². The Bertz CT molecular complexity index is 496. The maximum atomic E-state index is 12.3. The molecule has 1 aromatic carbocycles. The summed E-state index contributed by atoms with van der Waals surface area (Å²) >= 11 is 0. The smallest absolute Gasteiger partial charge is 0.306 e. The Morgan fingerprint density at radius 2 is 1.65 bits per heavy atom. The molecule has 0 atom stereocenters. The molecule has 1 amide bonds. The monoisotopic (exact) mass is 275 g/mol. The molecule has 1 aliphatic carbocycles. The zero-order valence-corrected chi connectivity index (χ0v) is 12.0. The number of carbonyl (C=O) groups excluding carboxylic acids is 1. The van der Waals surface area contributed by atoms with E-state index in [0.29, 0.717) is 12.8 Å². The third kappa shape index (κ3) is 3.18. The molecule has 0 unspecified atom stereocenters. The van der Waals surface area contributed by atoms with Crippen LogP contribution in [0.2, 0.25) is 0 Å². The van der Waals surface area contributed by atoms with Crippen molar-refractivity contribution < 1.29 is 14.7 Å². The van der Waals surface area contributed by atoms with Crippen molar-refractivity contribution in [3.8, 4) is 0 Å². The van der Waals surface area contributed by atoms with Crippen molar-refractivity contribution in [3.63, 3.8) is 0 Å². The van der Waals surface area contributed by atoms with Gasteiger partial charge in [-0.1, -0.05) is 18.2 Å². The summed E-state index contributed by atoms with van der Waals surface area (Å²) in [6, 6.07) is 5.91. The van der Waals surface area contributed by atoms with Crippen molar-refractivity contribution in [3.05, 3.63) is 34.9 Å². The molecule has 0 spiro atoms. The predicted molar refractivity (Wildman–Crippen MR) is 76.8 cm³/mol. The molecule has 0 saturated heterocycles. The van der Waals surface area contributed by atoms with Gasteiger partial charge in [-0.25, -0.2) is 0 Å². The molecule has 1 aliphatic rings. The fourth-order valence-corrected chi connectivity index (χ4v) is 2.91. The molecule has 1 fully saturated rings. The van der Waals surface area contributed by atoms with Gasteiger partial charge in [0.15, 0.2) is 0 Å². The molecular weight excluding hydrogens is 254 g/mol. The van der Waals surface area contributed by atoms with E-state index in [1.807, 2.05) is 32.0 Å². The zero-order valence-electron chi connectivity index (χ0n) is 12.0. The molecule has 20 heavy (non-hydrogen) atoms. The number of aliphatic carboxylic acids is 1. The molecule has 4 heteroatoms. The van der Waals surface area contributed by atoms with Crippen LogP contribution < -0.4 is 5.32 Å². The first kappa shape index (κ1) is 14.6. The summed E-state index contributed by atoms with van der Waals surface area (Å²) in [6.45, 7) is 3.87. The Kier molecular flexibility index (Phi) is 4.42. The number of hydrogen-bond acceptors (Lipinski definition) is 2. The summed E-state index contributed by atoms with van der Waals surface area (Å²) in [5, 5.41) is 12.0. The van der Waals surface area contributed by atoms with Crippen LogP contribution in [0.15, 0.2) is 18.2 Å². The highest BCUT2D eigenvalue weighted by Gasteiger charge is 2.27. The SMILES string of the molecule is Cc1cccc(C)c1C(=O)NC1CCC(C(=O)O)CC1. The van der Waals surface area contributed by atoms with Crippen LogP contribution in [0.3, 0.4) is 0 Å².